The Hall–Kier alpha value is -3.33. The summed E-state index contributed by atoms with van der Waals surface area (Å²) in [5.74, 6) is -0.128. The summed E-state index contributed by atoms with van der Waals surface area (Å²) >= 11 is 0. The van der Waals surface area contributed by atoms with Crippen molar-refractivity contribution in [3.8, 4) is 0 Å². The van der Waals surface area contributed by atoms with Gasteiger partial charge in [-0.3, -0.25) is 14.6 Å². The van der Waals surface area contributed by atoms with Gasteiger partial charge in [-0.25, -0.2) is 0 Å². The molecule has 0 saturated carbocycles. The predicted octanol–water partition coefficient (Wildman–Crippen LogP) is 4.19. The normalized spacial score (nSPS) is 11.7. The third-order valence-corrected chi connectivity index (χ3v) is 3.73. The Morgan fingerprint density at radius 1 is 0.667 bits per heavy atom. The van der Waals surface area contributed by atoms with E-state index in [1.165, 1.54) is 0 Å². The van der Waals surface area contributed by atoms with Crippen molar-refractivity contribution in [1.29, 1.82) is 0 Å². The van der Waals surface area contributed by atoms with Crippen molar-refractivity contribution in [2.75, 3.05) is 0 Å². The maximum atomic E-state index is 12.1. The number of carbonyl (C=O) groups is 2. The fourth-order valence-corrected chi connectivity index (χ4v) is 2.55. The summed E-state index contributed by atoms with van der Waals surface area (Å²) in [6, 6.07) is 19.6. The molecule has 0 unspecified atom stereocenters. The van der Waals surface area contributed by atoms with Crippen LogP contribution in [0.4, 0.5) is 0 Å². The Labute approximate surface area is 140 Å². The Bertz CT molecular complexity index is 808. The van der Waals surface area contributed by atoms with Gasteiger partial charge in [0.15, 0.2) is 11.6 Å². The molecule has 3 aromatic rings. The number of fused-ring (bicyclic) bond motifs is 2. The summed E-state index contributed by atoms with van der Waals surface area (Å²) in [6.07, 6.45) is 3.47. The van der Waals surface area contributed by atoms with Gasteiger partial charge in [0, 0.05) is 28.5 Å². The topological polar surface area (TPSA) is 47.0 Å². The molecule has 0 atom stereocenters. The van der Waals surface area contributed by atoms with Gasteiger partial charge in [0.05, 0.1) is 5.69 Å². The van der Waals surface area contributed by atoms with Gasteiger partial charge < -0.3 is 0 Å². The van der Waals surface area contributed by atoms with Crippen LogP contribution in [0.25, 0.3) is 6.08 Å². The second kappa shape index (κ2) is 6.84. The first-order valence-corrected chi connectivity index (χ1v) is 7.53. The first-order chi connectivity index (χ1) is 11.7. The molecule has 0 spiro atoms. The first kappa shape index (κ1) is 15.6. The number of hydrogen-bond acceptors (Lipinski definition) is 3. The fraction of sp³-hybridized carbons (Fsp3) is 0. The third kappa shape index (κ3) is 2.92. The van der Waals surface area contributed by atoms with Crippen LogP contribution in [0.2, 0.25) is 0 Å². The van der Waals surface area contributed by atoms with E-state index in [1.807, 2.05) is 18.2 Å². The first-order valence-electron chi connectivity index (χ1n) is 7.53. The Morgan fingerprint density at radius 3 is 1.38 bits per heavy atom. The largest absolute Gasteiger partial charge is 0.289 e. The van der Waals surface area contributed by atoms with E-state index in [0.29, 0.717) is 22.3 Å². The van der Waals surface area contributed by atoms with Gasteiger partial charge >= 0.3 is 0 Å². The fourth-order valence-electron chi connectivity index (χ4n) is 2.55. The molecule has 1 aromatic heterocycles. The van der Waals surface area contributed by atoms with Crippen molar-refractivity contribution in [3.63, 3.8) is 0 Å². The molecule has 1 aliphatic carbocycles. The van der Waals surface area contributed by atoms with Crippen LogP contribution in [0, 0.1) is 0 Å². The minimum atomic E-state index is -0.0641. The summed E-state index contributed by atoms with van der Waals surface area (Å²) in [5.41, 5.74) is 2.95. The SMILES string of the molecule is C=Cc1ccccn1.O=C1c2ccccc2C(=O)c2ccccc21. The number of nitrogens with zero attached hydrogens (tertiary/aromatic N) is 1. The van der Waals surface area contributed by atoms with E-state index in [9.17, 15) is 9.59 Å². The Kier molecular flexibility index (Phi) is 4.43. The van der Waals surface area contributed by atoms with E-state index in [2.05, 4.69) is 11.6 Å². The summed E-state index contributed by atoms with van der Waals surface area (Å²) in [4.78, 5) is 28.2. The third-order valence-electron chi connectivity index (χ3n) is 3.73. The second-order valence-electron chi connectivity index (χ2n) is 5.21. The molecule has 2 aromatic carbocycles. The van der Waals surface area contributed by atoms with Crippen molar-refractivity contribution in [2.24, 2.45) is 0 Å². The molecule has 0 aliphatic heterocycles. The summed E-state index contributed by atoms with van der Waals surface area (Å²) < 4.78 is 0. The summed E-state index contributed by atoms with van der Waals surface area (Å²) in [5, 5.41) is 0. The van der Waals surface area contributed by atoms with Crippen molar-refractivity contribution >= 4 is 17.6 Å². The van der Waals surface area contributed by atoms with Crippen molar-refractivity contribution in [1.82, 2.24) is 4.98 Å². The van der Waals surface area contributed by atoms with E-state index >= 15 is 0 Å². The van der Waals surface area contributed by atoms with Crippen molar-refractivity contribution in [2.45, 2.75) is 0 Å². The maximum absolute atomic E-state index is 12.1. The van der Waals surface area contributed by atoms with Gasteiger partial charge in [-0.1, -0.05) is 61.2 Å². The zero-order valence-corrected chi connectivity index (χ0v) is 13.0. The lowest BCUT2D eigenvalue weighted by Crippen LogP contribution is -2.20. The average Bonchev–Trinajstić information content (AvgIpc) is 2.67. The lowest BCUT2D eigenvalue weighted by Gasteiger charge is -2.16. The summed E-state index contributed by atoms with van der Waals surface area (Å²) in [7, 11) is 0. The number of carbonyl (C=O) groups excluding carboxylic acids is 2. The highest BCUT2D eigenvalue weighted by Gasteiger charge is 2.28. The highest BCUT2D eigenvalue weighted by atomic mass is 16.1. The Morgan fingerprint density at radius 2 is 1.08 bits per heavy atom. The predicted molar refractivity (Wildman–Crippen MR) is 94.1 cm³/mol. The van der Waals surface area contributed by atoms with Crippen molar-refractivity contribution < 1.29 is 9.59 Å². The van der Waals surface area contributed by atoms with E-state index in [-0.39, 0.29) is 11.6 Å². The standard InChI is InChI=1S/C14H8O2.C7H7N/c15-13-9-5-1-2-6-10(9)14(16)12-8-4-3-7-11(12)13;1-2-7-5-3-4-6-8-7/h1-8H;2-6H,1H2. The van der Waals surface area contributed by atoms with Crippen LogP contribution in [0.3, 0.4) is 0 Å². The molecule has 1 aliphatic rings. The molecule has 0 fully saturated rings. The van der Waals surface area contributed by atoms with Gasteiger partial charge in [-0.05, 0) is 18.2 Å². The number of rotatable bonds is 1. The van der Waals surface area contributed by atoms with Crippen LogP contribution in [0.1, 0.15) is 37.5 Å². The van der Waals surface area contributed by atoms with Crippen LogP contribution < -0.4 is 0 Å². The molecule has 3 nitrogen and oxygen atoms in total. The molecule has 1 heterocycles. The zero-order valence-electron chi connectivity index (χ0n) is 13.0. The van der Waals surface area contributed by atoms with E-state index in [1.54, 1.807) is 60.8 Å². The molecule has 0 saturated heterocycles. The monoisotopic (exact) mass is 313 g/mol. The van der Waals surface area contributed by atoms with Crippen molar-refractivity contribution in [3.05, 3.63) is 107 Å². The minimum absolute atomic E-state index is 0.0641. The quantitative estimate of drug-likeness (QED) is 0.529. The minimum Gasteiger partial charge on any atom is -0.289 e. The molecular formula is C21H15NO2. The number of aromatic nitrogens is 1. The highest BCUT2D eigenvalue weighted by Crippen LogP contribution is 2.26. The van der Waals surface area contributed by atoms with Crippen LogP contribution in [-0.4, -0.2) is 16.6 Å². The van der Waals surface area contributed by atoms with Gasteiger partial charge in [-0.15, -0.1) is 0 Å². The van der Waals surface area contributed by atoms with E-state index < -0.39 is 0 Å². The van der Waals surface area contributed by atoms with Crippen LogP contribution >= 0.6 is 0 Å². The highest BCUT2D eigenvalue weighted by molar-refractivity contribution is 6.28. The smallest absolute Gasteiger partial charge is 0.194 e. The molecular weight excluding hydrogens is 298 g/mol. The van der Waals surface area contributed by atoms with Crippen LogP contribution in [0.15, 0.2) is 79.5 Å². The lowest BCUT2D eigenvalue weighted by atomic mass is 9.84. The zero-order chi connectivity index (χ0) is 16.9. The van der Waals surface area contributed by atoms with Gasteiger partial charge in [0.25, 0.3) is 0 Å². The molecule has 24 heavy (non-hydrogen) atoms. The second-order valence-corrected chi connectivity index (χ2v) is 5.21. The maximum Gasteiger partial charge on any atom is 0.194 e. The van der Waals surface area contributed by atoms with Crippen LogP contribution in [0.5, 0.6) is 0 Å². The molecule has 4 rings (SSSR count). The summed E-state index contributed by atoms with van der Waals surface area (Å²) in [6.45, 7) is 3.57. The Balaban J connectivity index is 0.000000179. The number of ketones is 2. The number of pyridine rings is 1. The lowest BCUT2D eigenvalue weighted by molar-refractivity contribution is 0.0979. The molecule has 0 bridgehead atoms. The van der Waals surface area contributed by atoms with E-state index in [4.69, 9.17) is 0 Å². The van der Waals surface area contributed by atoms with E-state index in [0.717, 1.165) is 5.69 Å². The van der Waals surface area contributed by atoms with Crippen LogP contribution in [-0.2, 0) is 0 Å². The number of hydrogen-bond donors (Lipinski definition) is 0. The van der Waals surface area contributed by atoms with Gasteiger partial charge in [0.2, 0.25) is 0 Å². The average molecular weight is 313 g/mol. The molecule has 116 valence electrons. The van der Waals surface area contributed by atoms with Gasteiger partial charge in [-0.2, -0.15) is 0 Å². The molecule has 3 heteroatoms. The number of benzene rings is 2. The molecule has 0 N–H and O–H groups in total. The molecule has 0 amide bonds. The molecule has 0 radical (unpaired) electrons. The van der Waals surface area contributed by atoms with Gasteiger partial charge in [0.1, 0.15) is 0 Å².